The van der Waals surface area contributed by atoms with Crippen LogP contribution in [0.4, 0.5) is 0 Å². The molecule has 0 aromatic heterocycles. The monoisotopic (exact) mass is 313 g/mol. The molecule has 1 aliphatic rings. The van der Waals surface area contributed by atoms with Crippen LogP contribution in [0.25, 0.3) is 0 Å². The van der Waals surface area contributed by atoms with E-state index >= 15 is 0 Å². The maximum absolute atomic E-state index is 11.3. The summed E-state index contributed by atoms with van der Waals surface area (Å²) in [5, 5.41) is 3.23. The van der Waals surface area contributed by atoms with E-state index in [4.69, 9.17) is 4.74 Å². The van der Waals surface area contributed by atoms with Crippen molar-refractivity contribution in [2.45, 2.75) is 29.1 Å². The van der Waals surface area contributed by atoms with Crippen LogP contribution in [0.3, 0.4) is 0 Å². The number of nitrogens with one attached hydrogen (secondary N) is 1. The molecule has 1 fully saturated rings. The maximum Gasteiger partial charge on any atom is 0.331 e. The highest BCUT2D eigenvalue weighted by Crippen LogP contribution is 2.24. The maximum atomic E-state index is 11.3. The molecular formula is C8H13Br2NO2. The lowest BCUT2D eigenvalue weighted by Crippen LogP contribution is -2.43. The van der Waals surface area contributed by atoms with Crippen LogP contribution in [-0.4, -0.2) is 28.4 Å². The van der Waals surface area contributed by atoms with E-state index in [0.29, 0.717) is 0 Å². The van der Waals surface area contributed by atoms with Gasteiger partial charge in [0, 0.05) is 0 Å². The van der Waals surface area contributed by atoms with Crippen molar-refractivity contribution in [2.24, 2.45) is 0 Å². The van der Waals surface area contributed by atoms with Gasteiger partial charge in [-0.1, -0.05) is 31.9 Å². The molecule has 76 valence electrons. The molecule has 13 heavy (non-hydrogen) atoms. The van der Waals surface area contributed by atoms with Crippen LogP contribution in [0.15, 0.2) is 0 Å². The second-order valence-corrected chi connectivity index (χ2v) is 6.48. The summed E-state index contributed by atoms with van der Waals surface area (Å²) in [6, 6.07) is 0. The molecule has 3 nitrogen and oxygen atoms in total. The molecule has 1 saturated heterocycles. The van der Waals surface area contributed by atoms with Crippen molar-refractivity contribution in [3.63, 3.8) is 0 Å². The smallest absolute Gasteiger partial charge is 0.331 e. The third-order valence-corrected chi connectivity index (χ3v) is 2.93. The molecule has 0 atom stereocenters. The minimum absolute atomic E-state index is 0.246. The van der Waals surface area contributed by atoms with Gasteiger partial charge in [-0.2, -0.15) is 0 Å². The Morgan fingerprint density at radius 1 is 1.46 bits per heavy atom. The summed E-state index contributed by atoms with van der Waals surface area (Å²) in [7, 11) is 0. The van der Waals surface area contributed by atoms with Gasteiger partial charge in [-0.15, -0.1) is 0 Å². The van der Waals surface area contributed by atoms with Crippen LogP contribution in [-0.2, 0) is 9.53 Å². The molecule has 0 bridgehead atoms. The predicted molar refractivity (Wildman–Crippen MR) is 58.2 cm³/mol. The van der Waals surface area contributed by atoms with Crippen molar-refractivity contribution in [3.8, 4) is 0 Å². The number of hydrogen-bond acceptors (Lipinski definition) is 3. The van der Waals surface area contributed by atoms with Crippen LogP contribution < -0.4 is 5.32 Å². The number of hydrogen-bond donors (Lipinski definition) is 1. The van der Waals surface area contributed by atoms with Crippen molar-refractivity contribution in [2.75, 3.05) is 13.1 Å². The largest absolute Gasteiger partial charge is 0.458 e. The summed E-state index contributed by atoms with van der Waals surface area (Å²) in [5.74, 6) is -0.246. The van der Waals surface area contributed by atoms with Crippen molar-refractivity contribution in [1.29, 1.82) is 0 Å². The number of piperidine rings is 1. The summed E-state index contributed by atoms with van der Waals surface area (Å²) >= 11 is 6.23. The van der Waals surface area contributed by atoms with Crippen LogP contribution in [0.2, 0.25) is 0 Å². The molecule has 1 rings (SSSR count). The molecular weight excluding hydrogens is 302 g/mol. The lowest BCUT2D eigenvalue weighted by atomic mass is 9.95. The highest BCUT2D eigenvalue weighted by atomic mass is 79.9. The number of esters is 1. The third kappa shape index (κ3) is 3.56. The minimum atomic E-state index is -0.397. The van der Waals surface area contributed by atoms with Gasteiger partial charge in [-0.25, -0.2) is 4.79 Å². The van der Waals surface area contributed by atoms with E-state index in [0.717, 1.165) is 25.9 Å². The highest BCUT2D eigenvalue weighted by Gasteiger charge is 2.31. The summed E-state index contributed by atoms with van der Waals surface area (Å²) in [4.78, 5) is 11.3. The second kappa shape index (κ2) is 4.75. The molecule has 0 spiro atoms. The standard InChI is InChI=1S/C8H13Br2NO2/c1-8(2-4-11-5-3-8)13-7(12)6(9)10/h6,11H,2-5H2,1H3. The first-order chi connectivity index (χ1) is 6.03. The third-order valence-electron chi connectivity index (χ3n) is 2.19. The number of carbonyl (C=O) groups is 1. The Morgan fingerprint density at radius 3 is 2.46 bits per heavy atom. The van der Waals surface area contributed by atoms with Crippen LogP contribution in [0.1, 0.15) is 19.8 Å². The van der Waals surface area contributed by atoms with Gasteiger partial charge in [-0.05, 0) is 32.9 Å². The fourth-order valence-corrected chi connectivity index (χ4v) is 1.53. The highest BCUT2D eigenvalue weighted by molar-refractivity contribution is 9.25. The molecule has 0 unspecified atom stereocenters. The van der Waals surface area contributed by atoms with E-state index in [1.165, 1.54) is 0 Å². The van der Waals surface area contributed by atoms with Gasteiger partial charge in [-0.3, -0.25) is 0 Å². The van der Waals surface area contributed by atoms with Gasteiger partial charge in [0.1, 0.15) is 5.60 Å². The zero-order valence-corrected chi connectivity index (χ0v) is 10.7. The number of carbonyl (C=O) groups excluding carboxylic acids is 1. The van der Waals surface area contributed by atoms with Gasteiger partial charge in [0.2, 0.25) is 0 Å². The van der Waals surface area contributed by atoms with E-state index in [-0.39, 0.29) is 11.6 Å². The zero-order chi connectivity index (χ0) is 9.90. The number of ether oxygens (including phenoxy) is 1. The first-order valence-electron chi connectivity index (χ1n) is 4.25. The lowest BCUT2D eigenvalue weighted by Gasteiger charge is -2.33. The van der Waals surface area contributed by atoms with E-state index in [1.54, 1.807) is 0 Å². The molecule has 1 aliphatic heterocycles. The average Bonchev–Trinajstić information content (AvgIpc) is 2.04. The van der Waals surface area contributed by atoms with E-state index in [1.807, 2.05) is 6.92 Å². The molecule has 1 heterocycles. The van der Waals surface area contributed by atoms with E-state index < -0.39 is 3.74 Å². The Labute approximate surface area is 94.8 Å². The molecule has 5 heteroatoms. The fourth-order valence-electron chi connectivity index (χ4n) is 1.35. The van der Waals surface area contributed by atoms with E-state index in [9.17, 15) is 4.79 Å². The van der Waals surface area contributed by atoms with Gasteiger partial charge in [0.15, 0.2) is 3.74 Å². The van der Waals surface area contributed by atoms with Crippen LogP contribution >= 0.6 is 31.9 Å². The van der Waals surface area contributed by atoms with Crippen LogP contribution in [0, 0.1) is 0 Å². The summed E-state index contributed by atoms with van der Waals surface area (Å²) in [6.07, 6.45) is 1.76. The normalized spacial score (nSPS) is 21.5. The number of rotatable bonds is 2. The number of halogens is 2. The Balaban J connectivity index is 2.45. The van der Waals surface area contributed by atoms with Crippen LogP contribution in [0.5, 0.6) is 0 Å². The second-order valence-electron chi connectivity index (χ2n) is 3.42. The first-order valence-corrected chi connectivity index (χ1v) is 6.08. The van der Waals surface area contributed by atoms with Gasteiger partial charge < -0.3 is 10.1 Å². The predicted octanol–water partition coefficient (Wildman–Crippen LogP) is 1.79. The fraction of sp³-hybridized carbons (Fsp3) is 0.875. The van der Waals surface area contributed by atoms with Crippen molar-refractivity contribution < 1.29 is 9.53 Å². The molecule has 0 aromatic rings. The molecule has 0 saturated carbocycles. The van der Waals surface area contributed by atoms with Gasteiger partial charge >= 0.3 is 5.97 Å². The summed E-state index contributed by atoms with van der Waals surface area (Å²) < 4.78 is 4.97. The molecule has 0 amide bonds. The lowest BCUT2D eigenvalue weighted by molar-refractivity contribution is -0.157. The summed E-state index contributed by atoms with van der Waals surface area (Å²) in [5.41, 5.74) is -0.290. The Morgan fingerprint density at radius 2 is 2.00 bits per heavy atom. The Bertz CT molecular complexity index is 191. The quantitative estimate of drug-likeness (QED) is 0.624. The average molecular weight is 315 g/mol. The van der Waals surface area contributed by atoms with E-state index in [2.05, 4.69) is 37.2 Å². The molecule has 0 aliphatic carbocycles. The molecule has 0 radical (unpaired) electrons. The van der Waals surface area contributed by atoms with Crippen molar-refractivity contribution in [1.82, 2.24) is 5.32 Å². The zero-order valence-electron chi connectivity index (χ0n) is 7.48. The molecule has 0 aromatic carbocycles. The van der Waals surface area contributed by atoms with Crippen molar-refractivity contribution >= 4 is 37.8 Å². The topological polar surface area (TPSA) is 38.3 Å². The minimum Gasteiger partial charge on any atom is -0.458 e. The number of alkyl halides is 2. The van der Waals surface area contributed by atoms with Crippen molar-refractivity contribution in [3.05, 3.63) is 0 Å². The first kappa shape index (κ1) is 11.5. The van der Waals surface area contributed by atoms with Gasteiger partial charge in [0.05, 0.1) is 0 Å². The molecule has 1 N–H and O–H groups in total. The summed E-state index contributed by atoms with van der Waals surface area (Å²) in [6.45, 7) is 3.81. The Kier molecular flexibility index (Phi) is 4.19. The SMILES string of the molecule is CC1(OC(=O)C(Br)Br)CCNCC1. The Hall–Kier alpha value is 0.390. The van der Waals surface area contributed by atoms with Gasteiger partial charge in [0.25, 0.3) is 0 Å².